The maximum atomic E-state index is 6.38. The van der Waals surface area contributed by atoms with Crippen molar-refractivity contribution >= 4 is 10.5 Å². The minimum absolute atomic E-state index is 0.00404. The van der Waals surface area contributed by atoms with Gasteiger partial charge in [0.1, 0.15) is 10.5 Å². The zero-order valence-corrected chi connectivity index (χ0v) is 20.2. The highest BCUT2D eigenvalue weighted by molar-refractivity contribution is 5.98. The molecule has 0 aromatic heterocycles. The van der Waals surface area contributed by atoms with E-state index >= 15 is 0 Å². The second-order valence-electron chi connectivity index (χ2n) is 7.68. The molecule has 0 spiro atoms. The van der Waals surface area contributed by atoms with Gasteiger partial charge in [-0.25, -0.2) is 0 Å². The third-order valence-electron chi connectivity index (χ3n) is 5.59. The molecule has 1 unspecified atom stereocenters. The second kappa shape index (κ2) is 17.5. The second-order valence-corrected chi connectivity index (χ2v) is 8.09. The number of hydrogen-bond donors (Lipinski definition) is 0. The van der Waals surface area contributed by atoms with Gasteiger partial charge in [0.15, 0.2) is 0 Å². The highest BCUT2D eigenvalue weighted by Gasteiger charge is 2.37. The maximum absolute atomic E-state index is 6.38. The van der Waals surface area contributed by atoms with Crippen LogP contribution in [0.25, 0.3) is 0 Å². The monoisotopic (exact) mass is 372 g/mol. The third kappa shape index (κ3) is 11.5. The molecule has 0 bridgehead atoms. The van der Waals surface area contributed by atoms with Gasteiger partial charge in [-0.05, 0) is 26.2 Å². The fourth-order valence-electron chi connectivity index (χ4n) is 3.94. The molecule has 0 heterocycles. The standard InChI is InChI=1S/C22H48O2Si/c1-5-9-12-15-18-21(23-8-4)22(24-25,19-16-13-10-6-2)20-17-14-11-7-3/h21H,5-20H2,1-4,25H3. The van der Waals surface area contributed by atoms with Gasteiger partial charge in [-0.1, -0.05) is 97.8 Å². The average Bonchev–Trinajstić information content (AvgIpc) is 2.63. The average molecular weight is 373 g/mol. The van der Waals surface area contributed by atoms with Gasteiger partial charge in [-0.3, -0.25) is 0 Å². The third-order valence-corrected chi connectivity index (χ3v) is 6.40. The smallest absolute Gasteiger partial charge is 0.146 e. The van der Waals surface area contributed by atoms with Crippen LogP contribution in [0, 0.1) is 0 Å². The Kier molecular flexibility index (Phi) is 17.6. The molecule has 25 heavy (non-hydrogen) atoms. The van der Waals surface area contributed by atoms with Crippen LogP contribution in [0.2, 0.25) is 0 Å². The summed E-state index contributed by atoms with van der Waals surface area (Å²) in [6.45, 7) is 9.82. The molecule has 0 radical (unpaired) electrons. The van der Waals surface area contributed by atoms with Gasteiger partial charge < -0.3 is 9.16 Å². The highest BCUT2D eigenvalue weighted by Crippen LogP contribution is 2.34. The summed E-state index contributed by atoms with van der Waals surface area (Å²) in [5.74, 6) is 0. The van der Waals surface area contributed by atoms with Crippen molar-refractivity contribution in [1.82, 2.24) is 0 Å². The Morgan fingerprint density at radius 2 is 1.16 bits per heavy atom. The lowest BCUT2D eigenvalue weighted by Gasteiger charge is -2.41. The van der Waals surface area contributed by atoms with E-state index in [1.54, 1.807) is 0 Å². The number of unbranched alkanes of at least 4 members (excludes halogenated alkanes) is 9. The summed E-state index contributed by atoms with van der Waals surface area (Å²) in [6, 6.07) is 0. The Hall–Kier alpha value is 0.137. The van der Waals surface area contributed by atoms with E-state index in [2.05, 4.69) is 27.7 Å². The van der Waals surface area contributed by atoms with Gasteiger partial charge in [-0.15, -0.1) is 0 Å². The van der Waals surface area contributed by atoms with Crippen LogP contribution in [0.4, 0.5) is 0 Å². The molecule has 0 rings (SSSR count). The van der Waals surface area contributed by atoms with E-state index in [0.717, 1.165) is 17.1 Å². The summed E-state index contributed by atoms with van der Waals surface area (Å²) in [4.78, 5) is 0. The van der Waals surface area contributed by atoms with E-state index in [1.165, 1.54) is 96.3 Å². The summed E-state index contributed by atoms with van der Waals surface area (Å²) >= 11 is 0. The molecule has 0 saturated carbocycles. The zero-order valence-electron chi connectivity index (χ0n) is 18.2. The summed E-state index contributed by atoms with van der Waals surface area (Å²) in [5, 5.41) is 0. The molecule has 1 atom stereocenters. The Morgan fingerprint density at radius 1 is 0.680 bits per heavy atom. The molecule has 3 heteroatoms. The van der Waals surface area contributed by atoms with Gasteiger partial charge in [-0.2, -0.15) is 0 Å². The molecular weight excluding hydrogens is 324 g/mol. The highest BCUT2D eigenvalue weighted by atomic mass is 28.2. The molecule has 0 aromatic carbocycles. The van der Waals surface area contributed by atoms with E-state index in [4.69, 9.17) is 9.16 Å². The molecule has 2 nitrogen and oxygen atoms in total. The first-order chi connectivity index (χ1) is 12.2. The SMILES string of the molecule is CCCCCCC(OCC)C(CCCCCC)(CCCCCC)O[SiH3]. The minimum atomic E-state index is -0.00404. The summed E-state index contributed by atoms with van der Waals surface area (Å²) < 4.78 is 12.7. The van der Waals surface area contributed by atoms with Crippen LogP contribution in [-0.2, 0) is 9.16 Å². The van der Waals surface area contributed by atoms with Crippen LogP contribution in [-0.4, -0.2) is 28.8 Å². The van der Waals surface area contributed by atoms with Gasteiger partial charge in [0, 0.05) is 6.61 Å². The Bertz CT molecular complexity index is 259. The first-order valence-corrected chi connectivity index (χ1v) is 12.2. The largest absolute Gasteiger partial charge is 0.420 e. The molecule has 0 aliphatic carbocycles. The van der Waals surface area contributed by atoms with Crippen molar-refractivity contribution in [3.8, 4) is 0 Å². The molecular formula is C22H48O2Si. The van der Waals surface area contributed by atoms with Crippen molar-refractivity contribution in [2.24, 2.45) is 0 Å². The van der Waals surface area contributed by atoms with Crippen LogP contribution < -0.4 is 0 Å². The van der Waals surface area contributed by atoms with Crippen LogP contribution in [0.3, 0.4) is 0 Å². The lowest BCUT2D eigenvalue weighted by Crippen LogP contribution is -2.46. The lowest BCUT2D eigenvalue weighted by molar-refractivity contribution is -0.102. The van der Waals surface area contributed by atoms with Crippen molar-refractivity contribution in [3.63, 3.8) is 0 Å². The molecule has 0 aliphatic rings. The molecule has 0 fully saturated rings. The predicted molar refractivity (Wildman–Crippen MR) is 115 cm³/mol. The fraction of sp³-hybridized carbons (Fsp3) is 1.00. The minimum Gasteiger partial charge on any atom is -0.420 e. The van der Waals surface area contributed by atoms with E-state index in [1.807, 2.05) is 0 Å². The van der Waals surface area contributed by atoms with Crippen LogP contribution in [0.5, 0.6) is 0 Å². The van der Waals surface area contributed by atoms with Crippen molar-refractivity contribution in [3.05, 3.63) is 0 Å². The van der Waals surface area contributed by atoms with Crippen molar-refractivity contribution in [2.45, 2.75) is 136 Å². The number of ether oxygens (including phenoxy) is 1. The van der Waals surface area contributed by atoms with E-state index in [0.29, 0.717) is 6.10 Å². The number of rotatable bonds is 19. The molecule has 0 saturated heterocycles. The summed E-state index contributed by atoms with van der Waals surface area (Å²) in [5.41, 5.74) is -0.00404. The quantitative estimate of drug-likeness (QED) is 0.194. The molecule has 152 valence electrons. The van der Waals surface area contributed by atoms with Gasteiger partial charge in [0.25, 0.3) is 0 Å². The van der Waals surface area contributed by atoms with E-state index < -0.39 is 0 Å². The zero-order chi connectivity index (χ0) is 18.8. The predicted octanol–water partition coefficient (Wildman–Crippen LogP) is 6.34. The van der Waals surface area contributed by atoms with Crippen molar-refractivity contribution in [2.75, 3.05) is 6.61 Å². The van der Waals surface area contributed by atoms with Crippen LogP contribution >= 0.6 is 0 Å². The molecule has 0 aromatic rings. The molecule has 0 amide bonds. The van der Waals surface area contributed by atoms with Gasteiger partial charge >= 0.3 is 0 Å². The topological polar surface area (TPSA) is 18.5 Å². The van der Waals surface area contributed by atoms with E-state index in [-0.39, 0.29) is 5.60 Å². The van der Waals surface area contributed by atoms with Crippen LogP contribution in [0.1, 0.15) is 124 Å². The van der Waals surface area contributed by atoms with Crippen molar-refractivity contribution in [1.29, 1.82) is 0 Å². The Morgan fingerprint density at radius 3 is 1.56 bits per heavy atom. The van der Waals surface area contributed by atoms with Crippen molar-refractivity contribution < 1.29 is 9.16 Å². The molecule has 0 aliphatic heterocycles. The Balaban J connectivity index is 4.86. The first kappa shape index (κ1) is 25.1. The van der Waals surface area contributed by atoms with Crippen LogP contribution in [0.15, 0.2) is 0 Å². The molecule has 0 N–H and O–H groups in total. The number of hydrogen-bond acceptors (Lipinski definition) is 2. The van der Waals surface area contributed by atoms with Gasteiger partial charge in [0.05, 0.1) is 11.7 Å². The summed E-state index contributed by atoms with van der Waals surface area (Å²) in [7, 11) is 0.820. The lowest BCUT2D eigenvalue weighted by atomic mass is 9.82. The van der Waals surface area contributed by atoms with E-state index in [9.17, 15) is 0 Å². The summed E-state index contributed by atoms with van der Waals surface area (Å²) in [6.07, 6.45) is 19.7. The fourth-order valence-corrected chi connectivity index (χ4v) is 4.61. The maximum Gasteiger partial charge on any atom is 0.146 e. The Labute approximate surface area is 162 Å². The normalized spacial score (nSPS) is 13.4. The van der Waals surface area contributed by atoms with Gasteiger partial charge in [0.2, 0.25) is 0 Å². The first-order valence-electron chi connectivity index (χ1n) is 11.4.